The van der Waals surface area contributed by atoms with Crippen LogP contribution in [0.2, 0.25) is 0 Å². The normalized spacial score (nSPS) is 27.3. The maximum absolute atomic E-state index is 13.2. The average Bonchev–Trinajstić information content (AvgIpc) is 2.98. The van der Waals surface area contributed by atoms with E-state index in [1.807, 2.05) is 21.9 Å². The second kappa shape index (κ2) is 7.35. The van der Waals surface area contributed by atoms with Crippen LogP contribution in [-0.4, -0.2) is 59.4 Å². The maximum atomic E-state index is 13.2. The average molecular weight is 357 g/mol. The summed E-state index contributed by atoms with van der Waals surface area (Å²) >= 11 is 0. The minimum atomic E-state index is -0.369. The third-order valence-electron chi connectivity index (χ3n) is 6.18. The maximum Gasteiger partial charge on any atom is 0.230 e. The van der Waals surface area contributed by atoms with E-state index < -0.39 is 0 Å². The SMILES string of the molecule is O=C(C1CCOCC1)N1CCC[C@@]2(CCN(Cc3ccncc3)C2=O)C1. The van der Waals surface area contributed by atoms with Gasteiger partial charge in [0, 0.05) is 57.7 Å². The van der Waals surface area contributed by atoms with E-state index in [0.29, 0.717) is 26.3 Å². The molecule has 0 saturated carbocycles. The van der Waals surface area contributed by atoms with Crippen molar-refractivity contribution < 1.29 is 14.3 Å². The van der Waals surface area contributed by atoms with Crippen LogP contribution in [-0.2, 0) is 20.9 Å². The zero-order chi connectivity index (χ0) is 18.0. The van der Waals surface area contributed by atoms with Gasteiger partial charge in [-0.25, -0.2) is 0 Å². The van der Waals surface area contributed by atoms with Gasteiger partial charge in [-0.15, -0.1) is 0 Å². The molecule has 3 aliphatic heterocycles. The van der Waals surface area contributed by atoms with E-state index in [0.717, 1.165) is 50.8 Å². The Balaban J connectivity index is 1.43. The summed E-state index contributed by atoms with van der Waals surface area (Å²) in [6.07, 6.45) is 7.82. The molecule has 26 heavy (non-hydrogen) atoms. The summed E-state index contributed by atoms with van der Waals surface area (Å²) in [5, 5.41) is 0. The molecule has 6 heteroatoms. The first-order valence-electron chi connectivity index (χ1n) is 9.73. The van der Waals surface area contributed by atoms with Crippen LogP contribution in [0.15, 0.2) is 24.5 Å². The Morgan fingerprint density at radius 3 is 2.73 bits per heavy atom. The van der Waals surface area contributed by atoms with Gasteiger partial charge in [0.15, 0.2) is 0 Å². The highest BCUT2D eigenvalue weighted by Gasteiger charge is 2.49. The molecule has 1 atom stereocenters. The number of likely N-dealkylation sites (tertiary alicyclic amines) is 2. The van der Waals surface area contributed by atoms with Crippen molar-refractivity contribution in [3.05, 3.63) is 30.1 Å². The van der Waals surface area contributed by atoms with Gasteiger partial charge in [0.05, 0.1) is 5.41 Å². The molecule has 4 heterocycles. The van der Waals surface area contributed by atoms with Crippen LogP contribution in [0.5, 0.6) is 0 Å². The topological polar surface area (TPSA) is 62.7 Å². The van der Waals surface area contributed by atoms with Gasteiger partial charge < -0.3 is 14.5 Å². The third kappa shape index (κ3) is 3.34. The Bertz CT molecular complexity index is 660. The number of ether oxygens (including phenoxy) is 1. The van der Waals surface area contributed by atoms with E-state index in [-0.39, 0.29) is 23.1 Å². The largest absolute Gasteiger partial charge is 0.381 e. The summed E-state index contributed by atoms with van der Waals surface area (Å²) in [5.74, 6) is 0.523. The lowest BCUT2D eigenvalue weighted by atomic mass is 9.78. The molecule has 4 rings (SSSR count). The van der Waals surface area contributed by atoms with Gasteiger partial charge in [-0.1, -0.05) is 0 Å². The van der Waals surface area contributed by atoms with E-state index in [2.05, 4.69) is 4.98 Å². The molecule has 3 fully saturated rings. The molecule has 0 unspecified atom stereocenters. The fourth-order valence-corrected chi connectivity index (χ4v) is 4.65. The van der Waals surface area contributed by atoms with Gasteiger partial charge in [0.2, 0.25) is 11.8 Å². The first kappa shape index (κ1) is 17.5. The molecule has 140 valence electrons. The minimum Gasteiger partial charge on any atom is -0.381 e. The van der Waals surface area contributed by atoms with Crippen molar-refractivity contribution in [2.45, 2.75) is 38.6 Å². The molecule has 2 amide bonds. The van der Waals surface area contributed by atoms with Crippen molar-refractivity contribution in [2.24, 2.45) is 11.3 Å². The second-order valence-corrected chi connectivity index (χ2v) is 7.86. The predicted octanol–water partition coefficient (Wildman–Crippen LogP) is 1.85. The molecule has 6 nitrogen and oxygen atoms in total. The van der Waals surface area contributed by atoms with Crippen molar-refractivity contribution in [1.82, 2.24) is 14.8 Å². The molecule has 0 N–H and O–H groups in total. The number of hydrogen-bond donors (Lipinski definition) is 0. The van der Waals surface area contributed by atoms with Gasteiger partial charge >= 0.3 is 0 Å². The first-order valence-corrected chi connectivity index (χ1v) is 9.73. The van der Waals surface area contributed by atoms with Crippen LogP contribution >= 0.6 is 0 Å². The van der Waals surface area contributed by atoms with Crippen LogP contribution in [0.4, 0.5) is 0 Å². The number of nitrogens with zero attached hydrogens (tertiary/aromatic N) is 3. The molecular formula is C20H27N3O3. The van der Waals surface area contributed by atoms with Crippen molar-refractivity contribution in [3.8, 4) is 0 Å². The first-order chi connectivity index (χ1) is 12.7. The van der Waals surface area contributed by atoms with E-state index in [4.69, 9.17) is 4.74 Å². The van der Waals surface area contributed by atoms with Crippen LogP contribution in [0.3, 0.4) is 0 Å². The number of rotatable bonds is 3. The van der Waals surface area contributed by atoms with Crippen LogP contribution < -0.4 is 0 Å². The zero-order valence-corrected chi connectivity index (χ0v) is 15.2. The molecule has 3 aliphatic rings. The van der Waals surface area contributed by atoms with Gasteiger partial charge in [-0.2, -0.15) is 0 Å². The molecule has 3 saturated heterocycles. The highest BCUT2D eigenvalue weighted by Crippen LogP contribution is 2.41. The zero-order valence-electron chi connectivity index (χ0n) is 15.2. The molecule has 1 aromatic rings. The fraction of sp³-hybridized carbons (Fsp3) is 0.650. The van der Waals surface area contributed by atoms with Crippen molar-refractivity contribution >= 4 is 11.8 Å². The molecule has 0 aliphatic carbocycles. The van der Waals surface area contributed by atoms with Gasteiger partial charge in [-0.3, -0.25) is 14.6 Å². The molecule has 0 aromatic carbocycles. The van der Waals surface area contributed by atoms with Crippen molar-refractivity contribution in [1.29, 1.82) is 0 Å². The number of hydrogen-bond acceptors (Lipinski definition) is 4. The van der Waals surface area contributed by atoms with Crippen LogP contribution in [0.1, 0.15) is 37.7 Å². The fourth-order valence-electron chi connectivity index (χ4n) is 4.65. The van der Waals surface area contributed by atoms with E-state index >= 15 is 0 Å². The second-order valence-electron chi connectivity index (χ2n) is 7.86. The number of amides is 2. The molecule has 0 radical (unpaired) electrons. The standard InChI is InChI=1S/C20H27N3O3/c24-18(17-4-12-26-13-5-17)23-10-1-6-20(15-23)7-11-22(19(20)25)14-16-2-8-21-9-3-16/h2-3,8-9,17H,1,4-7,10-15H2/t20-/m1/s1. The number of aromatic nitrogens is 1. The summed E-state index contributed by atoms with van der Waals surface area (Å²) in [6, 6.07) is 3.92. The lowest BCUT2D eigenvalue weighted by molar-refractivity contribution is -0.147. The summed E-state index contributed by atoms with van der Waals surface area (Å²) in [6.45, 7) is 4.14. The van der Waals surface area contributed by atoms with Crippen molar-refractivity contribution in [2.75, 3.05) is 32.8 Å². The van der Waals surface area contributed by atoms with Gasteiger partial charge in [0.25, 0.3) is 0 Å². The summed E-state index contributed by atoms with van der Waals surface area (Å²) < 4.78 is 5.38. The van der Waals surface area contributed by atoms with Gasteiger partial charge in [-0.05, 0) is 49.8 Å². The van der Waals surface area contributed by atoms with E-state index in [1.165, 1.54) is 0 Å². The Morgan fingerprint density at radius 2 is 1.96 bits per heavy atom. The number of piperidine rings is 1. The number of carbonyl (C=O) groups excluding carboxylic acids is 2. The quantitative estimate of drug-likeness (QED) is 0.828. The monoisotopic (exact) mass is 357 g/mol. The smallest absolute Gasteiger partial charge is 0.230 e. The van der Waals surface area contributed by atoms with Gasteiger partial charge in [0.1, 0.15) is 0 Å². The van der Waals surface area contributed by atoms with Crippen molar-refractivity contribution in [3.63, 3.8) is 0 Å². The lowest BCUT2D eigenvalue weighted by Crippen LogP contribution is -2.51. The van der Waals surface area contributed by atoms with Crippen LogP contribution in [0, 0.1) is 11.3 Å². The Hall–Kier alpha value is -1.95. The van der Waals surface area contributed by atoms with E-state index in [9.17, 15) is 9.59 Å². The molecule has 1 aromatic heterocycles. The Labute approximate surface area is 154 Å². The van der Waals surface area contributed by atoms with E-state index in [1.54, 1.807) is 12.4 Å². The third-order valence-corrected chi connectivity index (χ3v) is 6.18. The highest BCUT2D eigenvalue weighted by atomic mass is 16.5. The molecular weight excluding hydrogens is 330 g/mol. The number of carbonyl (C=O) groups is 2. The Morgan fingerprint density at radius 1 is 1.19 bits per heavy atom. The molecule has 0 bridgehead atoms. The Kier molecular flexibility index (Phi) is 4.94. The van der Waals surface area contributed by atoms with Crippen LogP contribution in [0.25, 0.3) is 0 Å². The number of pyridine rings is 1. The predicted molar refractivity (Wildman–Crippen MR) is 96.1 cm³/mol. The summed E-state index contributed by atoms with van der Waals surface area (Å²) in [4.78, 5) is 34.1. The summed E-state index contributed by atoms with van der Waals surface area (Å²) in [7, 11) is 0. The molecule has 1 spiro atoms. The highest BCUT2D eigenvalue weighted by molar-refractivity contribution is 5.87. The minimum absolute atomic E-state index is 0.0725. The lowest BCUT2D eigenvalue weighted by Gasteiger charge is -2.40. The summed E-state index contributed by atoms with van der Waals surface area (Å²) in [5.41, 5.74) is 0.739.